The van der Waals surface area contributed by atoms with E-state index in [1.54, 1.807) is 0 Å². The van der Waals surface area contributed by atoms with Crippen molar-refractivity contribution in [2.24, 2.45) is 0 Å². The molecule has 4 aliphatic carbocycles. The molecule has 0 spiro atoms. The van der Waals surface area contributed by atoms with Crippen LogP contribution < -0.4 is 5.32 Å². The van der Waals surface area contributed by atoms with E-state index in [-0.39, 0.29) is 11.4 Å². The first-order valence-electron chi connectivity index (χ1n) is 6.36. The van der Waals surface area contributed by atoms with Gasteiger partial charge >= 0.3 is 0 Å². The minimum atomic E-state index is 0.0447. The first-order valence-corrected chi connectivity index (χ1v) is 6.36. The molecule has 86 valence electrons. The molecule has 2 heteroatoms. The van der Waals surface area contributed by atoms with E-state index in [2.05, 4.69) is 24.4 Å². The van der Waals surface area contributed by atoms with Crippen molar-refractivity contribution in [3.8, 4) is 0 Å². The molecule has 0 aromatic heterocycles. The zero-order valence-corrected chi connectivity index (χ0v) is 9.97. The van der Waals surface area contributed by atoms with E-state index in [9.17, 15) is 4.79 Å². The Morgan fingerprint density at radius 3 is 2.82 bits per heavy atom. The van der Waals surface area contributed by atoms with Gasteiger partial charge in [0.25, 0.3) is 5.91 Å². The van der Waals surface area contributed by atoms with Crippen LogP contribution in [-0.4, -0.2) is 11.4 Å². The predicted octanol–water partition coefficient (Wildman–Crippen LogP) is 2.55. The smallest absolute Gasteiger partial charge is 0.252 e. The Morgan fingerprint density at radius 1 is 1.29 bits per heavy atom. The van der Waals surface area contributed by atoms with Gasteiger partial charge in [-0.05, 0) is 67.1 Å². The summed E-state index contributed by atoms with van der Waals surface area (Å²) < 4.78 is 0. The lowest BCUT2D eigenvalue weighted by Crippen LogP contribution is -2.51. The maximum Gasteiger partial charge on any atom is 0.252 e. The molecule has 0 unspecified atom stereocenters. The van der Waals surface area contributed by atoms with Gasteiger partial charge in [0.2, 0.25) is 0 Å². The molecule has 0 aromatic rings. The van der Waals surface area contributed by atoms with Crippen molar-refractivity contribution in [3.05, 3.63) is 46.1 Å². The third-order valence-corrected chi connectivity index (χ3v) is 4.39. The second-order valence-electron chi connectivity index (χ2n) is 5.77. The second-order valence-corrected chi connectivity index (χ2v) is 5.77. The van der Waals surface area contributed by atoms with Crippen LogP contribution in [0.4, 0.5) is 0 Å². The first kappa shape index (κ1) is 9.46. The van der Waals surface area contributed by atoms with Crippen LogP contribution in [0.2, 0.25) is 0 Å². The Morgan fingerprint density at radius 2 is 2.12 bits per heavy atom. The standard InChI is InChI=1S/C15H15NO/c1-15(5-2-6-15)16-14(17)11-4-3-10-12-7-9(12)8-13(10)11/h3-4,8H,2,5-7H2,1H3,(H,16,17). The monoisotopic (exact) mass is 225 g/mol. The van der Waals surface area contributed by atoms with Gasteiger partial charge in [0.05, 0.1) is 0 Å². The zero-order valence-electron chi connectivity index (χ0n) is 9.97. The van der Waals surface area contributed by atoms with Crippen LogP contribution in [0.3, 0.4) is 0 Å². The van der Waals surface area contributed by atoms with Crippen LogP contribution in [0.15, 0.2) is 46.1 Å². The summed E-state index contributed by atoms with van der Waals surface area (Å²) in [6, 6.07) is 0. The molecule has 17 heavy (non-hydrogen) atoms. The number of carbonyl (C=O) groups excluding carboxylic acids is 1. The van der Waals surface area contributed by atoms with Crippen LogP contribution in [0.1, 0.15) is 32.6 Å². The number of allylic oxidation sites excluding steroid dienone is 6. The molecule has 0 aromatic carbocycles. The SMILES string of the molecule is CC1(NC(=O)C2=C3C=C4CC4=C3C=C2)CCC1. The second kappa shape index (κ2) is 2.81. The van der Waals surface area contributed by atoms with Crippen molar-refractivity contribution in [2.75, 3.05) is 0 Å². The third kappa shape index (κ3) is 1.24. The highest BCUT2D eigenvalue weighted by Gasteiger charge is 2.38. The van der Waals surface area contributed by atoms with E-state index in [1.807, 2.05) is 6.08 Å². The topological polar surface area (TPSA) is 29.1 Å². The molecule has 4 aliphatic rings. The average molecular weight is 225 g/mol. The van der Waals surface area contributed by atoms with Crippen LogP contribution in [0.5, 0.6) is 0 Å². The summed E-state index contributed by atoms with van der Waals surface area (Å²) in [6.45, 7) is 2.14. The van der Waals surface area contributed by atoms with Gasteiger partial charge in [0.15, 0.2) is 0 Å². The van der Waals surface area contributed by atoms with E-state index >= 15 is 0 Å². The highest BCUT2D eigenvalue weighted by Crippen LogP contribution is 2.51. The maximum absolute atomic E-state index is 12.2. The summed E-state index contributed by atoms with van der Waals surface area (Å²) in [5, 5.41) is 3.18. The summed E-state index contributed by atoms with van der Waals surface area (Å²) in [6.07, 6.45) is 10.8. The maximum atomic E-state index is 12.2. The molecule has 0 aliphatic heterocycles. The van der Waals surface area contributed by atoms with Gasteiger partial charge in [-0.3, -0.25) is 4.79 Å². The summed E-state index contributed by atoms with van der Waals surface area (Å²) in [5.74, 6) is 0.104. The molecule has 2 nitrogen and oxygen atoms in total. The lowest BCUT2D eigenvalue weighted by Gasteiger charge is -2.39. The summed E-state index contributed by atoms with van der Waals surface area (Å²) in [5.41, 5.74) is 6.24. The van der Waals surface area contributed by atoms with E-state index in [1.165, 1.54) is 23.1 Å². The summed E-state index contributed by atoms with van der Waals surface area (Å²) in [7, 11) is 0. The fourth-order valence-corrected chi connectivity index (χ4v) is 3.01. The predicted molar refractivity (Wildman–Crippen MR) is 66.3 cm³/mol. The Hall–Kier alpha value is -1.57. The largest absolute Gasteiger partial charge is 0.347 e. The highest BCUT2D eigenvalue weighted by atomic mass is 16.1. The van der Waals surface area contributed by atoms with E-state index < -0.39 is 0 Å². The number of hydrogen-bond acceptors (Lipinski definition) is 1. The van der Waals surface area contributed by atoms with Gasteiger partial charge < -0.3 is 5.32 Å². The summed E-state index contributed by atoms with van der Waals surface area (Å²) in [4.78, 5) is 12.2. The molecule has 0 radical (unpaired) electrons. The number of nitrogens with one attached hydrogen (secondary N) is 1. The minimum Gasteiger partial charge on any atom is -0.347 e. The Bertz CT molecular complexity index is 568. The molecule has 1 amide bonds. The Labute approximate surface area is 101 Å². The molecular weight excluding hydrogens is 210 g/mol. The number of carbonyl (C=O) groups is 1. The fraction of sp³-hybridized carbons (Fsp3) is 0.400. The number of hydrogen-bond donors (Lipinski definition) is 1. The number of rotatable bonds is 2. The lowest BCUT2D eigenvalue weighted by atomic mass is 9.78. The highest BCUT2D eigenvalue weighted by molar-refractivity contribution is 6.02. The van der Waals surface area contributed by atoms with E-state index in [4.69, 9.17) is 0 Å². The molecule has 0 bridgehead atoms. The van der Waals surface area contributed by atoms with Gasteiger partial charge in [-0.2, -0.15) is 0 Å². The molecule has 4 rings (SSSR count). The molecular formula is C15H15NO. The van der Waals surface area contributed by atoms with E-state index in [0.29, 0.717) is 0 Å². The Balaban J connectivity index is 1.62. The molecule has 1 N–H and O–H groups in total. The average Bonchev–Trinajstić information content (AvgIpc) is 2.73. The third-order valence-electron chi connectivity index (χ3n) is 4.39. The minimum absolute atomic E-state index is 0.0447. The number of amides is 1. The normalized spacial score (nSPS) is 26.5. The van der Waals surface area contributed by atoms with Crippen LogP contribution in [-0.2, 0) is 4.79 Å². The van der Waals surface area contributed by atoms with Crippen molar-refractivity contribution in [3.63, 3.8) is 0 Å². The van der Waals surface area contributed by atoms with Crippen molar-refractivity contribution < 1.29 is 4.79 Å². The van der Waals surface area contributed by atoms with Crippen LogP contribution in [0.25, 0.3) is 0 Å². The van der Waals surface area contributed by atoms with Crippen molar-refractivity contribution in [1.82, 2.24) is 5.32 Å². The molecule has 0 saturated heterocycles. The van der Waals surface area contributed by atoms with Gasteiger partial charge in [-0.1, -0.05) is 6.08 Å². The lowest BCUT2D eigenvalue weighted by molar-refractivity contribution is -0.119. The van der Waals surface area contributed by atoms with Crippen LogP contribution >= 0.6 is 0 Å². The van der Waals surface area contributed by atoms with Crippen LogP contribution in [0, 0.1) is 0 Å². The van der Waals surface area contributed by atoms with Crippen molar-refractivity contribution in [2.45, 2.75) is 38.1 Å². The summed E-state index contributed by atoms with van der Waals surface area (Å²) >= 11 is 0. The molecule has 2 fully saturated rings. The number of fused-ring (bicyclic) bond motifs is 2. The van der Waals surface area contributed by atoms with Gasteiger partial charge in [0, 0.05) is 11.1 Å². The van der Waals surface area contributed by atoms with Gasteiger partial charge in [-0.25, -0.2) is 0 Å². The van der Waals surface area contributed by atoms with E-state index in [0.717, 1.165) is 30.4 Å². The van der Waals surface area contributed by atoms with Crippen molar-refractivity contribution in [1.29, 1.82) is 0 Å². The van der Waals surface area contributed by atoms with Gasteiger partial charge in [0.1, 0.15) is 0 Å². The molecule has 0 heterocycles. The zero-order chi connectivity index (χ0) is 11.6. The van der Waals surface area contributed by atoms with Crippen molar-refractivity contribution >= 4 is 5.91 Å². The Kier molecular flexibility index (Phi) is 1.56. The fourth-order valence-electron chi connectivity index (χ4n) is 3.01. The first-order chi connectivity index (χ1) is 8.16. The quantitative estimate of drug-likeness (QED) is 0.768. The van der Waals surface area contributed by atoms with Gasteiger partial charge in [-0.15, -0.1) is 0 Å². The molecule has 2 saturated carbocycles. The molecule has 0 atom stereocenters.